The van der Waals surface area contributed by atoms with Crippen molar-refractivity contribution < 1.29 is 27.8 Å². The number of amides is 1. The Morgan fingerprint density at radius 1 is 1.10 bits per heavy atom. The predicted octanol–water partition coefficient (Wildman–Crippen LogP) is 1.33. The smallest absolute Gasteiger partial charge is 0.242 e. The molecule has 0 bridgehead atoms. The minimum Gasteiger partial charge on any atom is -0.497 e. The largest absolute Gasteiger partial charge is 0.497 e. The fourth-order valence-electron chi connectivity index (χ4n) is 3.65. The van der Waals surface area contributed by atoms with Gasteiger partial charge in [-0.25, -0.2) is 8.42 Å². The normalized spacial score (nSPS) is 18.0. The highest BCUT2D eigenvalue weighted by atomic mass is 32.2. The first-order chi connectivity index (χ1) is 14.8. The van der Waals surface area contributed by atoms with Gasteiger partial charge in [0.2, 0.25) is 5.91 Å². The Hall–Kier alpha value is -2.62. The van der Waals surface area contributed by atoms with Gasteiger partial charge in [0.1, 0.15) is 17.5 Å². The number of methoxy groups -OCH3 is 2. The van der Waals surface area contributed by atoms with Crippen molar-refractivity contribution in [2.45, 2.75) is 12.1 Å². The maximum absolute atomic E-state index is 13.1. The molecule has 1 aliphatic rings. The molecule has 0 aromatic heterocycles. The number of carbonyl (C=O) groups is 1. The van der Waals surface area contributed by atoms with Gasteiger partial charge in [-0.2, -0.15) is 0 Å². The Labute approximate surface area is 182 Å². The number of hydrogen-bond donors (Lipinski definition) is 2. The van der Waals surface area contributed by atoms with Gasteiger partial charge in [0.25, 0.3) is 0 Å². The molecule has 3 rings (SSSR count). The van der Waals surface area contributed by atoms with Crippen LogP contribution in [0.2, 0.25) is 0 Å². The molecule has 1 fully saturated rings. The second-order valence-corrected chi connectivity index (χ2v) is 9.67. The average Bonchev–Trinajstić information content (AvgIpc) is 2.79. The number of hydrogen-bond acceptors (Lipinski definition) is 7. The number of ether oxygens (including phenoxy) is 2. The van der Waals surface area contributed by atoms with E-state index < -0.39 is 22.0 Å². The van der Waals surface area contributed by atoms with E-state index in [4.69, 9.17) is 9.47 Å². The standard InChI is InChI=1S/C22H28N2O6S/c1-29-17-8-9-20(30-2)18(14-17)19(25)15-23-22(26)21(16-6-4-3-5-7-16)24-10-12-31(27,28)13-11-24/h3-9,14,19,21,25H,10-13,15H2,1-2H3,(H,23,26). The molecule has 2 aromatic carbocycles. The molecule has 9 heteroatoms. The van der Waals surface area contributed by atoms with Crippen molar-refractivity contribution in [3.05, 3.63) is 59.7 Å². The zero-order valence-electron chi connectivity index (χ0n) is 17.7. The lowest BCUT2D eigenvalue weighted by molar-refractivity contribution is -0.127. The second-order valence-electron chi connectivity index (χ2n) is 7.37. The van der Waals surface area contributed by atoms with Crippen LogP contribution in [0.5, 0.6) is 11.5 Å². The van der Waals surface area contributed by atoms with Gasteiger partial charge >= 0.3 is 0 Å². The number of benzene rings is 2. The Balaban J connectivity index is 1.75. The number of rotatable bonds is 8. The van der Waals surface area contributed by atoms with Gasteiger partial charge in [0.15, 0.2) is 9.84 Å². The highest BCUT2D eigenvalue weighted by molar-refractivity contribution is 7.91. The van der Waals surface area contributed by atoms with Crippen molar-refractivity contribution in [2.24, 2.45) is 0 Å². The average molecular weight is 449 g/mol. The number of aliphatic hydroxyl groups is 1. The van der Waals surface area contributed by atoms with Crippen LogP contribution in [0.3, 0.4) is 0 Å². The van der Waals surface area contributed by atoms with E-state index in [0.717, 1.165) is 5.56 Å². The molecule has 2 atom stereocenters. The SMILES string of the molecule is COc1ccc(OC)c(C(O)CNC(=O)C(c2ccccc2)N2CCS(=O)(=O)CC2)c1. The Morgan fingerprint density at radius 2 is 1.77 bits per heavy atom. The number of nitrogens with one attached hydrogen (secondary N) is 1. The fraction of sp³-hybridized carbons (Fsp3) is 0.409. The van der Waals surface area contributed by atoms with Crippen molar-refractivity contribution in [2.75, 3.05) is 45.4 Å². The summed E-state index contributed by atoms with van der Waals surface area (Å²) in [5.74, 6) is 0.799. The van der Waals surface area contributed by atoms with E-state index in [1.165, 1.54) is 14.2 Å². The number of sulfone groups is 1. The second kappa shape index (κ2) is 10.1. The van der Waals surface area contributed by atoms with Gasteiger partial charge in [-0.15, -0.1) is 0 Å². The van der Waals surface area contributed by atoms with Gasteiger partial charge in [-0.1, -0.05) is 30.3 Å². The van der Waals surface area contributed by atoms with Crippen LogP contribution >= 0.6 is 0 Å². The number of carbonyl (C=O) groups excluding carboxylic acids is 1. The first-order valence-electron chi connectivity index (χ1n) is 10.0. The molecule has 0 aliphatic carbocycles. The van der Waals surface area contributed by atoms with Crippen molar-refractivity contribution in [3.63, 3.8) is 0 Å². The van der Waals surface area contributed by atoms with E-state index in [1.807, 2.05) is 35.2 Å². The number of nitrogens with zero attached hydrogens (tertiary/aromatic N) is 1. The van der Waals surface area contributed by atoms with Crippen LogP contribution in [0, 0.1) is 0 Å². The molecular weight excluding hydrogens is 420 g/mol. The highest BCUT2D eigenvalue weighted by Gasteiger charge is 2.32. The molecule has 1 aliphatic heterocycles. The summed E-state index contributed by atoms with van der Waals surface area (Å²) in [7, 11) is -0.0351. The summed E-state index contributed by atoms with van der Waals surface area (Å²) < 4.78 is 34.2. The van der Waals surface area contributed by atoms with Crippen molar-refractivity contribution in [3.8, 4) is 11.5 Å². The van der Waals surface area contributed by atoms with Crippen LogP contribution in [-0.4, -0.2) is 69.7 Å². The molecule has 168 valence electrons. The molecule has 2 unspecified atom stereocenters. The Bertz CT molecular complexity index is 982. The first-order valence-corrected chi connectivity index (χ1v) is 11.8. The summed E-state index contributed by atoms with van der Waals surface area (Å²) in [5.41, 5.74) is 1.27. The van der Waals surface area contributed by atoms with Crippen molar-refractivity contribution in [1.29, 1.82) is 0 Å². The molecule has 31 heavy (non-hydrogen) atoms. The lowest BCUT2D eigenvalue weighted by atomic mass is 10.0. The monoisotopic (exact) mass is 448 g/mol. The third-order valence-corrected chi connectivity index (χ3v) is 6.98. The molecule has 0 radical (unpaired) electrons. The molecule has 2 N–H and O–H groups in total. The zero-order chi connectivity index (χ0) is 22.4. The molecule has 2 aromatic rings. The summed E-state index contributed by atoms with van der Waals surface area (Å²) in [5, 5.41) is 13.5. The summed E-state index contributed by atoms with van der Waals surface area (Å²) in [6.07, 6.45) is -1.01. The Kier molecular flexibility index (Phi) is 7.53. The van der Waals surface area contributed by atoms with Gasteiger partial charge in [-0.3, -0.25) is 9.69 Å². The summed E-state index contributed by atoms with van der Waals surface area (Å²) in [6, 6.07) is 13.7. The lowest BCUT2D eigenvalue weighted by Gasteiger charge is -2.34. The summed E-state index contributed by atoms with van der Waals surface area (Å²) >= 11 is 0. The fourth-order valence-corrected chi connectivity index (χ4v) is 4.88. The van der Waals surface area contributed by atoms with E-state index in [-0.39, 0.29) is 37.0 Å². The van der Waals surface area contributed by atoms with Crippen molar-refractivity contribution >= 4 is 15.7 Å². The molecule has 1 heterocycles. The quantitative estimate of drug-likeness (QED) is 0.628. The minimum atomic E-state index is -3.07. The summed E-state index contributed by atoms with van der Waals surface area (Å²) in [6.45, 7) is 0.529. The lowest BCUT2D eigenvalue weighted by Crippen LogP contribution is -2.48. The van der Waals surface area contributed by atoms with E-state index in [9.17, 15) is 18.3 Å². The maximum atomic E-state index is 13.1. The van der Waals surface area contributed by atoms with Gasteiger partial charge in [0, 0.05) is 25.2 Å². The molecule has 1 saturated heterocycles. The van der Waals surface area contributed by atoms with Crippen LogP contribution in [0.25, 0.3) is 0 Å². The van der Waals surface area contributed by atoms with Gasteiger partial charge in [0.05, 0.1) is 31.8 Å². The molecule has 0 saturated carbocycles. The van der Waals surface area contributed by atoms with E-state index in [1.54, 1.807) is 18.2 Å². The van der Waals surface area contributed by atoms with Crippen LogP contribution in [0.4, 0.5) is 0 Å². The Morgan fingerprint density at radius 3 is 2.39 bits per heavy atom. The topological polar surface area (TPSA) is 105 Å². The van der Waals surface area contributed by atoms with Gasteiger partial charge < -0.3 is 19.9 Å². The van der Waals surface area contributed by atoms with E-state index in [2.05, 4.69) is 5.32 Å². The van der Waals surface area contributed by atoms with Crippen molar-refractivity contribution in [1.82, 2.24) is 10.2 Å². The van der Waals surface area contributed by atoms with E-state index in [0.29, 0.717) is 17.1 Å². The molecular formula is C22H28N2O6S. The predicted molar refractivity (Wildman–Crippen MR) is 117 cm³/mol. The summed E-state index contributed by atoms with van der Waals surface area (Å²) in [4.78, 5) is 15.0. The number of aliphatic hydroxyl groups excluding tert-OH is 1. The van der Waals surface area contributed by atoms with Crippen LogP contribution in [0.15, 0.2) is 48.5 Å². The molecule has 0 spiro atoms. The van der Waals surface area contributed by atoms with Crippen LogP contribution < -0.4 is 14.8 Å². The van der Waals surface area contributed by atoms with E-state index >= 15 is 0 Å². The van der Waals surface area contributed by atoms with Crippen LogP contribution in [0.1, 0.15) is 23.3 Å². The third-order valence-electron chi connectivity index (χ3n) is 5.37. The molecule has 1 amide bonds. The molecule has 8 nitrogen and oxygen atoms in total. The third kappa shape index (κ3) is 5.75. The maximum Gasteiger partial charge on any atom is 0.242 e. The highest BCUT2D eigenvalue weighted by Crippen LogP contribution is 2.29. The minimum absolute atomic E-state index is 0.0211. The zero-order valence-corrected chi connectivity index (χ0v) is 18.5. The first kappa shape index (κ1) is 23.1. The van der Waals surface area contributed by atoms with Crippen LogP contribution in [-0.2, 0) is 14.6 Å². The van der Waals surface area contributed by atoms with Gasteiger partial charge in [-0.05, 0) is 23.8 Å².